The Hall–Kier alpha value is -3.94. The van der Waals surface area contributed by atoms with Crippen molar-refractivity contribution in [3.05, 3.63) is 76.5 Å². The van der Waals surface area contributed by atoms with Gasteiger partial charge in [0.2, 0.25) is 0 Å². The molecular weight excluding hydrogens is 360 g/mol. The molecule has 2 N–H and O–H groups in total. The maximum Gasteiger partial charge on any atom is 0.305 e. The Morgan fingerprint density at radius 2 is 1.75 bits per heavy atom. The fourth-order valence-corrected chi connectivity index (χ4v) is 2.99. The first-order chi connectivity index (χ1) is 13.5. The third-order valence-corrected chi connectivity index (χ3v) is 4.41. The Labute approximate surface area is 158 Å². The minimum absolute atomic E-state index is 0.117. The number of furan rings is 1. The van der Waals surface area contributed by atoms with Crippen LogP contribution in [0.15, 0.2) is 64.1 Å². The monoisotopic (exact) mass is 376 g/mol. The van der Waals surface area contributed by atoms with Gasteiger partial charge >= 0.3 is 5.91 Å². The minimum Gasteiger partial charge on any atom is -0.451 e. The molecule has 0 unspecified atom stereocenters. The maximum absolute atomic E-state index is 12.4. The van der Waals surface area contributed by atoms with Crippen LogP contribution in [-0.4, -0.2) is 21.4 Å². The Bertz CT molecular complexity index is 1270. The molecule has 4 rings (SSSR count). The molecule has 0 aliphatic rings. The molecule has 2 aromatic carbocycles. The van der Waals surface area contributed by atoms with Crippen LogP contribution < -0.4 is 16.4 Å². The number of aryl methyl sites for hydroxylation is 1. The number of carbonyl (C=O) groups is 2. The van der Waals surface area contributed by atoms with Crippen molar-refractivity contribution in [1.82, 2.24) is 20.4 Å². The van der Waals surface area contributed by atoms with Crippen LogP contribution in [0.5, 0.6) is 0 Å². The molecule has 8 nitrogen and oxygen atoms in total. The maximum atomic E-state index is 12.4. The lowest BCUT2D eigenvalue weighted by atomic mass is 10.1. The lowest BCUT2D eigenvalue weighted by molar-refractivity contribution is -0.122. The van der Waals surface area contributed by atoms with Gasteiger partial charge < -0.3 is 4.42 Å². The van der Waals surface area contributed by atoms with Crippen molar-refractivity contribution >= 4 is 33.7 Å². The van der Waals surface area contributed by atoms with Crippen LogP contribution in [0.3, 0.4) is 0 Å². The normalized spacial score (nSPS) is 10.9. The molecule has 0 aliphatic carbocycles. The van der Waals surface area contributed by atoms with Gasteiger partial charge in [0.05, 0.1) is 17.2 Å². The number of fused-ring (bicyclic) bond motifs is 2. The fraction of sp³-hybridized carbons (Fsp3) is 0.100. The third-order valence-electron chi connectivity index (χ3n) is 4.41. The molecule has 2 aromatic heterocycles. The van der Waals surface area contributed by atoms with Crippen molar-refractivity contribution in [2.24, 2.45) is 0 Å². The van der Waals surface area contributed by atoms with E-state index in [-0.39, 0.29) is 17.9 Å². The number of rotatable bonds is 3. The van der Waals surface area contributed by atoms with Crippen LogP contribution in [0.1, 0.15) is 16.1 Å². The molecule has 28 heavy (non-hydrogen) atoms. The van der Waals surface area contributed by atoms with Crippen molar-refractivity contribution < 1.29 is 14.0 Å². The van der Waals surface area contributed by atoms with Gasteiger partial charge in [-0.2, -0.15) is 0 Å². The molecule has 0 aliphatic heterocycles. The van der Waals surface area contributed by atoms with Crippen LogP contribution in [0.4, 0.5) is 0 Å². The molecule has 0 atom stereocenters. The van der Waals surface area contributed by atoms with Crippen molar-refractivity contribution in [3.8, 4) is 0 Å². The van der Waals surface area contributed by atoms with Crippen molar-refractivity contribution in [3.63, 3.8) is 0 Å². The number of hydrazine groups is 1. The number of nitrogens with one attached hydrogen (secondary N) is 2. The molecule has 140 valence electrons. The highest BCUT2D eigenvalue weighted by atomic mass is 16.3. The number of para-hydroxylation sites is 2. The minimum atomic E-state index is -0.578. The summed E-state index contributed by atoms with van der Waals surface area (Å²) in [4.78, 5) is 41.0. The SMILES string of the molecule is Cc1c(C(=O)NNC(=O)Cn2cnc3ccccc3c2=O)oc2ccccc12. The van der Waals surface area contributed by atoms with Gasteiger partial charge in [0.15, 0.2) is 5.76 Å². The Morgan fingerprint density at radius 3 is 2.54 bits per heavy atom. The number of carbonyl (C=O) groups excluding carboxylic acids is 2. The molecule has 8 heteroatoms. The summed E-state index contributed by atoms with van der Waals surface area (Å²) < 4.78 is 6.73. The third kappa shape index (κ3) is 3.11. The van der Waals surface area contributed by atoms with Crippen molar-refractivity contribution in [2.45, 2.75) is 13.5 Å². The van der Waals surface area contributed by atoms with E-state index in [1.165, 1.54) is 10.9 Å². The summed E-state index contributed by atoms with van der Waals surface area (Å²) in [6.07, 6.45) is 1.30. The summed E-state index contributed by atoms with van der Waals surface area (Å²) in [7, 11) is 0. The van der Waals surface area contributed by atoms with Gasteiger partial charge in [-0.15, -0.1) is 0 Å². The predicted octanol–water partition coefficient (Wildman–Crippen LogP) is 1.91. The van der Waals surface area contributed by atoms with E-state index in [0.29, 0.717) is 22.0 Å². The van der Waals surface area contributed by atoms with E-state index >= 15 is 0 Å². The molecule has 0 bridgehead atoms. The van der Waals surface area contributed by atoms with Crippen LogP contribution in [0.25, 0.3) is 21.9 Å². The lowest BCUT2D eigenvalue weighted by Crippen LogP contribution is -2.44. The van der Waals surface area contributed by atoms with Crippen molar-refractivity contribution in [1.29, 1.82) is 0 Å². The van der Waals surface area contributed by atoms with E-state index in [0.717, 1.165) is 5.39 Å². The summed E-state index contributed by atoms with van der Waals surface area (Å²) in [5.74, 6) is -1.03. The first-order valence-electron chi connectivity index (χ1n) is 8.56. The smallest absolute Gasteiger partial charge is 0.305 e. The van der Waals surface area contributed by atoms with Crippen LogP contribution in [-0.2, 0) is 11.3 Å². The van der Waals surface area contributed by atoms with Crippen LogP contribution >= 0.6 is 0 Å². The zero-order valence-electron chi connectivity index (χ0n) is 14.9. The first-order valence-corrected chi connectivity index (χ1v) is 8.56. The average Bonchev–Trinajstić information content (AvgIpc) is 3.05. The number of hydrogen-bond acceptors (Lipinski definition) is 5. The van der Waals surface area contributed by atoms with Gasteiger partial charge in [0, 0.05) is 10.9 Å². The van der Waals surface area contributed by atoms with Gasteiger partial charge in [-0.25, -0.2) is 4.98 Å². The highest BCUT2D eigenvalue weighted by molar-refractivity contribution is 5.99. The van der Waals surface area contributed by atoms with Crippen LogP contribution in [0.2, 0.25) is 0 Å². The molecule has 0 fully saturated rings. The number of amides is 2. The summed E-state index contributed by atoms with van der Waals surface area (Å²) in [6, 6.07) is 14.1. The van der Waals surface area contributed by atoms with Crippen molar-refractivity contribution in [2.75, 3.05) is 0 Å². The van der Waals surface area contributed by atoms with E-state index in [1.54, 1.807) is 37.3 Å². The summed E-state index contributed by atoms with van der Waals surface area (Å²) in [5.41, 5.74) is 6.09. The van der Waals surface area contributed by atoms with E-state index in [1.807, 2.05) is 18.2 Å². The number of aromatic nitrogens is 2. The molecule has 2 amide bonds. The summed E-state index contributed by atoms with van der Waals surface area (Å²) in [5, 5.41) is 1.24. The van der Waals surface area contributed by atoms with E-state index in [9.17, 15) is 14.4 Å². The van der Waals surface area contributed by atoms with E-state index < -0.39 is 11.8 Å². The summed E-state index contributed by atoms with van der Waals surface area (Å²) >= 11 is 0. The zero-order valence-corrected chi connectivity index (χ0v) is 14.9. The second-order valence-electron chi connectivity index (χ2n) is 6.25. The highest BCUT2D eigenvalue weighted by Gasteiger charge is 2.18. The fourth-order valence-electron chi connectivity index (χ4n) is 2.99. The van der Waals surface area contributed by atoms with Crippen LogP contribution in [0, 0.1) is 6.92 Å². The Morgan fingerprint density at radius 1 is 1.04 bits per heavy atom. The average molecular weight is 376 g/mol. The predicted molar refractivity (Wildman–Crippen MR) is 103 cm³/mol. The largest absolute Gasteiger partial charge is 0.451 e. The van der Waals surface area contributed by atoms with E-state index in [2.05, 4.69) is 15.8 Å². The standard InChI is InChI=1S/C20H16N4O4/c1-12-13-6-3-5-9-16(13)28-18(12)19(26)23-22-17(25)10-24-11-21-15-8-4-2-7-14(15)20(24)27/h2-9,11H,10H2,1H3,(H,22,25)(H,23,26). The number of benzene rings is 2. The number of hydrogen-bond donors (Lipinski definition) is 2. The Balaban J connectivity index is 1.46. The molecular formula is C20H16N4O4. The van der Waals surface area contributed by atoms with Gasteiger partial charge in [0.25, 0.3) is 11.5 Å². The first kappa shape index (κ1) is 17.5. The van der Waals surface area contributed by atoms with Gasteiger partial charge in [-0.05, 0) is 25.1 Å². The van der Waals surface area contributed by atoms with Gasteiger partial charge in [-0.3, -0.25) is 29.8 Å². The molecule has 0 saturated carbocycles. The molecule has 4 aromatic rings. The van der Waals surface area contributed by atoms with Gasteiger partial charge in [0.1, 0.15) is 12.1 Å². The lowest BCUT2D eigenvalue weighted by Gasteiger charge is -2.08. The highest BCUT2D eigenvalue weighted by Crippen LogP contribution is 2.24. The molecule has 0 radical (unpaired) electrons. The molecule has 0 saturated heterocycles. The second-order valence-corrected chi connectivity index (χ2v) is 6.25. The van der Waals surface area contributed by atoms with Gasteiger partial charge in [-0.1, -0.05) is 30.3 Å². The van der Waals surface area contributed by atoms with E-state index in [4.69, 9.17) is 4.42 Å². The quantitative estimate of drug-likeness (QED) is 0.531. The Kier molecular flexibility index (Phi) is 4.36. The summed E-state index contributed by atoms with van der Waals surface area (Å²) in [6.45, 7) is 1.49. The second kappa shape index (κ2) is 6.99. The zero-order chi connectivity index (χ0) is 19.7. The molecule has 0 spiro atoms. The number of nitrogens with zero attached hydrogens (tertiary/aromatic N) is 2. The molecule has 2 heterocycles. The topological polar surface area (TPSA) is 106 Å².